The minimum absolute atomic E-state index is 1.05. The second kappa shape index (κ2) is 6.59. The number of nitrogens with zero attached hydrogens (tertiary/aromatic N) is 1. The van der Waals surface area contributed by atoms with E-state index < -0.39 is 0 Å². The zero-order valence-electron chi connectivity index (χ0n) is 8.33. The van der Waals surface area contributed by atoms with Crippen LogP contribution in [0.2, 0.25) is 0 Å². The number of rotatable bonds is 3. The van der Waals surface area contributed by atoms with Gasteiger partial charge in [-0.05, 0) is 32.4 Å². The molecule has 0 bridgehead atoms. The maximum absolute atomic E-state index is 4.05. The molecular weight excluding hydrogens is 146 g/mol. The summed E-state index contributed by atoms with van der Waals surface area (Å²) in [4.78, 5) is 4.05. The lowest BCUT2D eigenvalue weighted by molar-refractivity contribution is 1.42. The Morgan fingerprint density at radius 1 is 1.17 bits per heavy atom. The highest BCUT2D eigenvalue weighted by atomic mass is 14.7. The van der Waals surface area contributed by atoms with Gasteiger partial charge in [0.05, 0.1) is 0 Å². The van der Waals surface area contributed by atoms with E-state index in [0.29, 0.717) is 0 Å². The molecule has 0 N–H and O–H groups in total. The van der Waals surface area contributed by atoms with Crippen LogP contribution in [0, 0.1) is 0 Å². The molecule has 0 heterocycles. The minimum Gasteiger partial charge on any atom is -0.293 e. The Kier molecular flexibility index (Phi) is 5.98. The molecule has 0 rings (SSSR count). The molecule has 0 spiro atoms. The molecule has 0 aromatic carbocycles. The zero-order chi connectivity index (χ0) is 9.40. The van der Waals surface area contributed by atoms with Crippen molar-refractivity contribution in [3.8, 4) is 0 Å². The third-order valence-corrected chi connectivity index (χ3v) is 1.45. The van der Waals surface area contributed by atoms with Gasteiger partial charge in [0, 0.05) is 12.8 Å². The van der Waals surface area contributed by atoms with Crippen LogP contribution in [0.1, 0.15) is 20.8 Å². The van der Waals surface area contributed by atoms with Crippen LogP contribution in [0.25, 0.3) is 0 Å². The average Bonchev–Trinajstić information content (AvgIpc) is 2.05. The lowest BCUT2D eigenvalue weighted by Crippen LogP contribution is -1.84. The van der Waals surface area contributed by atoms with Crippen LogP contribution in [0.5, 0.6) is 0 Å². The highest BCUT2D eigenvalue weighted by Crippen LogP contribution is 1.96. The van der Waals surface area contributed by atoms with Crippen molar-refractivity contribution in [2.45, 2.75) is 20.8 Å². The lowest BCUT2D eigenvalue weighted by Gasteiger charge is -1.90. The van der Waals surface area contributed by atoms with Crippen molar-refractivity contribution in [3.05, 3.63) is 36.0 Å². The van der Waals surface area contributed by atoms with E-state index in [1.807, 2.05) is 32.1 Å². The summed E-state index contributed by atoms with van der Waals surface area (Å²) < 4.78 is 0. The van der Waals surface area contributed by atoms with Crippen LogP contribution >= 0.6 is 0 Å². The van der Waals surface area contributed by atoms with Crippen molar-refractivity contribution < 1.29 is 0 Å². The van der Waals surface area contributed by atoms with Crippen molar-refractivity contribution in [3.63, 3.8) is 0 Å². The first kappa shape index (κ1) is 10.9. The maximum Gasteiger partial charge on any atom is 0.0316 e. The largest absolute Gasteiger partial charge is 0.293 e. The molecule has 12 heavy (non-hydrogen) atoms. The summed E-state index contributed by atoms with van der Waals surface area (Å²) >= 11 is 0. The van der Waals surface area contributed by atoms with Gasteiger partial charge in [0.25, 0.3) is 0 Å². The molecule has 0 radical (unpaired) electrons. The predicted molar refractivity (Wildman–Crippen MR) is 56.7 cm³/mol. The third-order valence-electron chi connectivity index (χ3n) is 1.45. The fraction of sp³-hybridized carbons (Fsp3) is 0.364. The first-order chi connectivity index (χ1) is 5.70. The van der Waals surface area contributed by atoms with Gasteiger partial charge < -0.3 is 0 Å². The van der Waals surface area contributed by atoms with E-state index in [1.165, 1.54) is 5.57 Å². The van der Waals surface area contributed by atoms with Crippen molar-refractivity contribution >= 4 is 5.71 Å². The first-order valence-corrected chi connectivity index (χ1v) is 4.11. The van der Waals surface area contributed by atoms with Gasteiger partial charge in [-0.3, -0.25) is 4.99 Å². The Bertz CT molecular complexity index is 229. The van der Waals surface area contributed by atoms with Gasteiger partial charge in [-0.1, -0.05) is 24.3 Å². The second-order valence-electron chi connectivity index (χ2n) is 2.64. The molecule has 0 aromatic rings. The fourth-order valence-electron chi connectivity index (χ4n) is 0.761. The van der Waals surface area contributed by atoms with Crippen LogP contribution < -0.4 is 0 Å². The summed E-state index contributed by atoms with van der Waals surface area (Å²) in [6, 6.07) is 0. The SMILES string of the molecule is C\C=C/C=C\C(C)=C\C(C)=NC. The van der Waals surface area contributed by atoms with E-state index in [1.54, 1.807) is 7.05 Å². The molecule has 0 amide bonds. The number of aliphatic imine (C=N–C) groups is 1. The topological polar surface area (TPSA) is 12.4 Å². The van der Waals surface area contributed by atoms with E-state index >= 15 is 0 Å². The van der Waals surface area contributed by atoms with Gasteiger partial charge in [0.2, 0.25) is 0 Å². The van der Waals surface area contributed by atoms with Gasteiger partial charge in [0.15, 0.2) is 0 Å². The summed E-state index contributed by atoms with van der Waals surface area (Å²) in [5, 5.41) is 0. The van der Waals surface area contributed by atoms with Gasteiger partial charge in [0.1, 0.15) is 0 Å². The van der Waals surface area contributed by atoms with Crippen molar-refractivity contribution in [1.29, 1.82) is 0 Å². The molecule has 0 saturated heterocycles. The summed E-state index contributed by atoms with van der Waals surface area (Å²) in [6.45, 7) is 6.06. The molecule has 0 atom stereocenters. The van der Waals surface area contributed by atoms with Gasteiger partial charge >= 0.3 is 0 Å². The first-order valence-electron chi connectivity index (χ1n) is 4.11. The molecular formula is C11H17N. The lowest BCUT2D eigenvalue weighted by atomic mass is 10.2. The van der Waals surface area contributed by atoms with E-state index in [2.05, 4.69) is 24.1 Å². The second-order valence-corrected chi connectivity index (χ2v) is 2.64. The highest BCUT2D eigenvalue weighted by molar-refractivity contribution is 5.93. The number of hydrogen-bond donors (Lipinski definition) is 0. The Hall–Kier alpha value is -1.11. The van der Waals surface area contributed by atoms with Gasteiger partial charge in [-0.15, -0.1) is 0 Å². The molecule has 0 aromatic heterocycles. The molecule has 0 aliphatic heterocycles. The van der Waals surface area contributed by atoms with E-state index in [4.69, 9.17) is 0 Å². The Labute approximate surface area is 75.2 Å². The fourth-order valence-corrected chi connectivity index (χ4v) is 0.761. The molecule has 0 saturated carbocycles. The zero-order valence-corrected chi connectivity index (χ0v) is 8.33. The molecule has 0 fully saturated rings. The average molecular weight is 163 g/mol. The monoisotopic (exact) mass is 163 g/mol. The van der Waals surface area contributed by atoms with Gasteiger partial charge in [-0.2, -0.15) is 0 Å². The number of hydrogen-bond acceptors (Lipinski definition) is 1. The maximum atomic E-state index is 4.05. The van der Waals surface area contributed by atoms with Crippen LogP contribution in [0.15, 0.2) is 40.9 Å². The Morgan fingerprint density at radius 2 is 1.83 bits per heavy atom. The summed E-state index contributed by atoms with van der Waals surface area (Å²) in [7, 11) is 1.80. The number of allylic oxidation sites excluding steroid dienone is 6. The van der Waals surface area contributed by atoms with Crippen molar-refractivity contribution in [2.24, 2.45) is 4.99 Å². The molecule has 1 heteroatoms. The Morgan fingerprint density at radius 3 is 2.33 bits per heavy atom. The van der Waals surface area contributed by atoms with Crippen LogP contribution in [-0.2, 0) is 0 Å². The van der Waals surface area contributed by atoms with Crippen LogP contribution in [0.4, 0.5) is 0 Å². The highest BCUT2D eigenvalue weighted by Gasteiger charge is 1.82. The van der Waals surface area contributed by atoms with E-state index in [9.17, 15) is 0 Å². The van der Waals surface area contributed by atoms with Crippen molar-refractivity contribution in [2.75, 3.05) is 7.05 Å². The van der Waals surface area contributed by atoms with Crippen LogP contribution in [-0.4, -0.2) is 12.8 Å². The molecule has 0 aliphatic carbocycles. The molecule has 0 unspecified atom stereocenters. The molecule has 1 nitrogen and oxygen atoms in total. The molecule has 66 valence electrons. The van der Waals surface area contributed by atoms with E-state index in [0.717, 1.165) is 5.71 Å². The Balaban J connectivity index is 4.20. The van der Waals surface area contributed by atoms with Crippen molar-refractivity contribution in [1.82, 2.24) is 0 Å². The minimum atomic E-state index is 1.05. The van der Waals surface area contributed by atoms with Gasteiger partial charge in [-0.25, -0.2) is 0 Å². The normalized spacial score (nSPS) is 15.0. The third kappa shape index (κ3) is 5.66. The summed E-state index contributed by atoms with van der Waals surface area (Å²) in [6.07, 6.45) is 10.2. The predicted octanol–water partition coefficient (Wildman–Crippen LogP) is 3.16. The smallest absolute Gasteiger partial charge is 0.0316 e. The van der Waals surface area contributed by atoms with Crippen LogP contribution in [0.3, 0.4) is 0 Å². The standard InChI is InChI=1S/C11H17N/c1-5-6-7-8-10(2)9-11(3)12-4/h5-9H,1-4H3/b6-5-,8-7-,10-9+,12-11?. The summed E-state index contributed by atoms with van der Waals surface area (Å²) in [5.41, 5.74) is 2.27. The molecule has 0 aliphatic rings. The van der Waals surface area contributed by atoms with E-state index in [-0.39, 0.29) is 0 Å². The quantitative estimate of drug-likeness (QED) is 0.447. The summed E-state index contributed by atoms with van der Waals surface area (Å²) in [5.74, 6) is 0.